The number of amides is 1. The van der Waals surface area contributed by atoms with Gasteiger partial charge in [-0.3, -0.25) is 9.59 Å². The number of alkyl halides is 2. The number of halogens is 3. The van der Waals surface area contributed by atoms with Crippen LogP contribution in [0, 0.1) is 5.82 Å². The lowest BCUT2D eigenvalue weighted by atomic mass is 10.1. The topological polar surface area (TPSA) is 66.1 Å². The number of aromatic nitrogens is 2. The van der Waals surface area contributed by atoms with Gasteiger partial charge in [-0.25, -0.2) is 9.37 Å². The first-order chi connectivity index (χ1) is 11.0. The molecule has 0 radical (unpaired) electrons. The van der Waals surface area contributed by atoms with Gasteiger partial charge in [-0.2, -0.15) is 0 Å². The minimum Gasteiger partial charge on any atom is -0.335 e. The Morgan fingerprint density at radius 2 is 2.00 bits per heavy atom. The summed E-state index contributed by atoms with van der Waals surface area (Å²) in [5.74, 6) is -0.415. The number of rotatable bonds is 2. The molecule has 2 heterocycles. The summed E-state index contributed by atoms with van der Waals surface area (Å²) in [5, 5.41) is 0. The number of benzene rings is 1. The molecule has 1 N–H and O–H groups in total. The first kappa shape index (κ1) is 16.0. The van der Waals surface area contributed by atoms with E-state index >= 15 is 0 Å². The van der Waals surface area contributed by atoms with Crippen molar-refractivity contribution in [3.63, 3.8) is 0 Å². The van der Waals surface area contributed by atoms with Crippen molar-refractivity contribution in [2.45, 2.75) is 17.8 Å². The van der Waals surface area contributed by atoms with Crippen molar-refractivity contribution < 1.29 is 9.18 Å². The summed E-state index contributed by atoms with van der Waals surface area (Å²) in [4.78, 5) is 31.5. The summed E-state index contributed by atoms with van der Waals surface area (Å²) in [6.45, 7) is 0.511. The molecule has 23 heavy (non-hydrogen) atoms. The molecule has 1 aromatic carbocycles. The Bertz CT molecular complexity index is 805. The summed E-state index contributed by atoms with van der Waals surface area (Å²) < 4.78 is 13.0. The van der Waals surface area contributed by atoms with Crippen molar-refractivity contribution >= 4 is 29.1 Å². The molecule has 0 atom stereocenters. The van der Waals surface area contributed by atoms with Crippen LogP contribution >= 0.6 is 23.2 Å². The maximum absolute atomic E-state index is 13.0. The monoisotopic (exact) mass is 355 g/mol. The molecular weight excluding hydrogens is 344 g/mol. The predicted molar refractivity (Wildman–Crippen MR) is 84.9 cm³/mol. The van der Waals surface area contributed by atoms with Crippen LogP contribution in [0.2, 0.25) is 0 Å². The van der Waals surface area contributed by atoms with Gasteiger partial charge in [0.2, 0.25) is 0 Å². The number of nitrogens with zero attached hydrogens (tertiary/aromatic N) is 2. The lowest BCUT2D eigenvalue weighted by molar-refractivity contribution is -0.130. The van der Waals surface area contributed by atoms with E-state index in [0.29, 0.717) is 35.6 Å². The maximum atomic E-state index is 13.0. The molecule has 0 bridgehead atoms. The summed E-state index contributed by atoms with van der Waals surface area (Å²) in [6, 6.07) is 5.70. The number of hydrogen-bond acceptors (Lipinski definition) is 3. The van der Waals surface area contributed by atoms with Gasteiger partial charge in [0.15, 0.2) is 4.84 Å². The molecule has 0 fully saturated rings. The predicted octanol–water partition coefficient (Wildman–Crippen LogP) is 2.26. The number of carbonyl (C=O) groups is 1. The Kier molecular flexibility index (Phi) is 4.37. The van der Waals surface area contributed by atoms with Gasteiger partial charge in [-0.15, -0.1) is 0 Å². The molecule has 0 saturated heterocycles. The van der Waals surface area contributed by atoms with Gasteiger partial charge >= 0.3 is 0 Å². The molecule has 1 aromatic heterocycles. The molecule has 1 amide bonds. The van der Waals surface area contributed by atoms with Crippen molar-refractivity contribution in [3.8, 4) is 11.4 Å². The summed E-state index contributed by atoms with van der Waals surface area (Å²) in [5.41, 5.74) is 1.33. The third-order valence-electron chi connectivity index (χ3n) is 3.68. The normalized spacial score (nSPS) is 14.0. The zero-order valence-electron chi connectivity index (χ0n) is 11.9. The van der Waals surface area contributed by atoms with Crippen molar-refractivity contribution in [2.24, 2.45) is 0 Å². The lowest BCUT2D eigenvalue weighted by Crippen LogP contribution is -2.41. The van der Waals surface area contributed by atoms with Gasteiger partial charge in [0.25, 0.3) is 11.5 Å². The van der Waals surface area contributed by atoms with Crippen molar-refractivity contribution in [1.29, 1.82) is 0 Å². The molecule has 0 aliphatic carbocycles. The molecule has 2 aromatic rings. The van der Waals surface area contributed by atoms with Crippen LogP contribution in [0.25, 0.3) is 11.4 Å². The van der Waals surface area contributed by atoms with Gasteiger partial charge in [0, 0.05) is 18.5 Å². The average Bonchev–Trinajstić information content (AvgIpc) is 2.54. The molecule has 0 spiro atoms. The Hall–Kier alpha value is -1.92. The highest BCUT2D eigenvalue weighted by molar-refractivity contribution is 6.53. The molecule has 5 nitrogen and oxygen atoms in total. The number of H-pyrrole nitrogens is 1. The van der Waals surface area contributed by atoms with Crippen LogP contribution in [0.5, 0.6) is 0 Å². The first-order valence-electron chi connectivity index (χ1n) is 6.90. The fourth-order valence-electron chi connectivity index (χ4n) is 2.50. The number of fused-ring (bicyclic) bond motifs is 1. The Morgan fingerprint density at radius 1 is 1.30 bits per heavy atom. The second-order valence-corrected chi connectivity index (χ2v) is 6.25. The van der Waals surface area contributed by atoms with E-state index in [1.165, 1.54) is 17.0 Å². The van der Waals surface area contributed by atoms with Crippen LogP contribution in [-0.4, -0.2) is 32.2 Å². The second kappa shape index (κ2) is 6.29. The molecule has 3 rings (SSSR count). The molecule has 120 valence electrons. The standard InChI is InChI=1S/C15H12Cl2FN3O2/c16-12(17)15(23)21-6-5-11-10(7-21)14(22)20-13(19-11)8-1-3-9(18)4-2-8/h1-4,12H,5-7H2,(H,19,20,22). The average molecular weight is 356 g/mol. The van der Waals surface area contributed by atoms with Crippen LogP contribution in [0.4, 0.5) is 4.39 Å². The largest absolute Gasteiger partial charge is 0.335 e. The third kappa shape index (κ3) is 3.23. The Morgan fingerprint density at radius 3 is 2.65 bits per heavy atom. The smallest absolute Gasteiger partial charge is 0.256 e. The van der Waals surface area contributed by atoms with Crippen LogP contribution in [0.1, 0.15) is 11.3 Å². The summed E-state index contributed by atoms with van der Waals surface area (Å²) >= 11 is 11.2. The zero-order valence-corrected chi connectivity index (χ0v) is 13.4. The molecule has 0 unspecified atom stereocenters. The highest BCUT2D eigenvalue weighted by Crippen LogP contribution is 2.20. The molecule has 8 heteroatoms. The van der Waals surface area contributed by atoms with Crippen LogP contribution < -0.4 is 5.56 Å². The van der Waals surface area contributed by atoms with E-state index in [2.05, 4.69) is 9.97 Å². The van der Waals surface area contributed by atoms with Gasteiger partial charge in [0.1, 0.15) is 11.6 Å². The Balaban J connectivity index is 1.94. The molecule has 0 saturated carbocycles. The minimum absolute atomic E-state index is 0.121. The van der Waals surface area contributed by atoms with Gasteiger partial charge in [-0.1, -0.05) is 23.2 Å². The van der Waals surface area contributed by atoms with E-state index in [1.807, 2.05) is 0 Å². The fraction of sp³-hybridized carbons (Fsp3) is 0.267. The minimum atomic E-state index is -1.15. The fourth-order valence-corrected chi connectivity index (χ4v) is 2.77. The Labute approximate surface area is 141 Å². The second-order valence-electron chi connectivity index (χ2n) is 5.16. The highest BCUT2D eigenvalue weighted by Gasteiger charge is 2.27. The van der Waals surface area contributed by atoms with E-state index in [1.54, 1.807) is 12.1 Å². The summed E-state index contributed by atoms with van der Waals surface area (Å²) in [6.07, 6.45) is 0.430. The van der Waals surface area contributed by atoms with E-state index in [9.17, 15) is 14.0 Å². The molecular formula is C15H12Cl2FN3O2. The molecule has 1 aliphatic rings. The van der Waals surface area contributed by atoms with Crippen molar-refractivity contribution in [2.75, 3.05) is 6.54 Å². The van der Waals surface area contributed by atoms with Crippen LogP contribution in [0.15, 0.2) is 29.1 Å². The van der Waals surface area contributed by atoms with Gasteiger partial charge in [0.05, 0.1) is 17.8 Å². The maximum Gasteiger partial charge on any atom is 0.256 e. The van der Waals surface area contributed by atoms with E-state index in [4.69, 9.17) is 23.2 Å². The van der Waals surface area contributed by atoms with E-state index in [-0.39, 0.29) is 17.9 Å². The first-order valence-corrected chi connectivity index (χ1v) is 7.78. The number of carbonyl (C=O) groups excluding carboxylic acids is 1. The van der Waals surface area contributed by atoms with Crippen LogP contribution in [-0.2, 0) is 17.8 Å². The van der Waals surface area contributed by atoms with E-state index in [0.717, 1.165) is 0 Å². The zero-order chi connectivity index (χ0) is 16.6. The lowest BCUT2D eigenvalue weighted by Gasteiger charge is -2.28. The number of nitrogens with one attached hydrogen (secondary N) is 1. The quantitative estimate of drug-likeness (QED) is 0.840. The number of aromatic amines is 1. The number of hydrogen-bond donors (Lipinski definition) is 1. The van der Waals surface area contributed by atoms with E-state index < -0.39 is 10.7 Å². The van der Waals surface area contributed by atoms with Crippen molar-refractivity contribution in [1.82, 2.24) is 14.9 Å². The van der Waals surface area contributed by atoms with Gasteiger partial charge in [-0.05, 0) is 24.3 Å². The SMILES string of the molecule is O=C(C(Cl)Cl)N1CCc2nc(-c3ccc(F)cc3)[nH]c(=O)c2C1. The highest BCUT2D eigenvalue weighted by atomic mass is 35.5. The van der Waals surface area contributed by atoms with Crippen LogP contribution in [0.3, 0.4) is 0 Å². The van der Waals surface area contributed by atoms with Crippen molar-refractivity contribution in [3.05, 3.63) is 51.7 Å². The third-order valence-corrected chi connectivity index (χ3v) is 4.06. The molecule has 1 aliphatic heterocycles. The van der Waals surface area contributed by atoms with Gasteiger partial charge < -0.3 is 9.88 Å². The summed E-state index contributed by atoms with van der Waals surface area (Å²) in [7, 11) is 0.